The van der Waals surface area contributed by atoms with Crippen LogP contribution in [0.1, 0.15) is 18.8 Å². The Bertz CT molecular complexity index is 856. The molecule has 0 aliphatic rings. The van der Waals surface area contributed by atoms with Crippen molar-refractivity contribution < 1.29 is 8.42 Å². The van der Waals surface area contributed by atoms with Gasteiger partial charge in [-0.25, -0.2) is 18.1 Å². The molecule has 1 atom stereocenters. The number of nitrogens with one attached hydrogen (secondary N) is 2. The highest BCUT2D eigenvalue weighted by atomic mass is 32.2. The maximum atomic E-state index is 12.6. The van der Waals surface area contributed by atoms with Crippen LogP contribution in [0, 0.1) is 0 Å². The van der Waals surface area contributed by atoms with Crippen molar-refractivity contribution in [1.82, 2.24) is 24.9 Å². The van der Waals surface area contributed by atoms with E-state index in [1.807, 2.05) is 0 Å². The van der Waals surface area contributed by atoms with Gasteiger partial charge in [0.2, 0.25) is 10.0 Å². The monoisotopic (exact) mass is 303 g/mol. The highest BCUT2D eigenvalue weighted by molar-refractivity contribution is 7.89. The number of aromatic nitrogens is 4. The predicted octanol–water partition coefficient (Wildman–Crippen LogP) is 1.39. The summed E-state index contributed by atoms with van der Waals surface area (Å²) in [5.41, 5.74) is 0.632. The fourth-order valence-electron chi connectivity index (χ4n) is 2.09. The molecule has 0 bridgehead atoms. The predicted molar refractivity (Wildman–Crippen MR) is 76.9 cm³/mol. The van der Waals surface area contributed by atoms with Gasteiger partial charge in [0.15, 0.2) is 0 Å². The topological polar surface area (TPSA) is 101 Å². The highest BCUT2D eigenvalue weighted by Gasteiger charge is 2.21. The van der Waals surface area contributed by atoms with E-state index in [0.717, 1.165) is 0 Å². The molecule has 2 N–H and O–H groups in total. The van der Waals surface area contributed by atoms with Gasteiger partial charge >= 0.3 is 0 Å². The first-order valence-corrected chi connectivity index (χ1v) is 7.77. The van der Waals surface area contributed by atoms with Crippen molar-refractivity contribution in [3.63, 3.8) is 0 Å². The summed E-state index contributed by atoms with van der Waals surface area (Å²) in [5.74, 6) is 0.455. The number of pyridine rings is 1. The lowest BCUT2D eigenvalue weighted by Crippen LogP contribution is -2.27. The molecular formula is C13H13N5O2S. The van der Waals surface area contributed by atoms with Gasteiger partial charge in [-0.05, 0) is 31.2 Å². The van der Waals surface area contributed by atoms with Gasteiger partial charge in [-0.1, -0.05) is 6.07 Å². The highest BCUT2D eigenvalue weighted by Crippen LogP contribution is 2.22. The van der Waals surface area contributed by atoms with E-state index in [0.29, 0.717) is 16.7 Å². The molecule has 0 radical (unpaired) electrons. The van der Waals surface area contributed by atoms with Crippen LogP contribution in [0.5, 0.6) is 0 Å². The van der Waals surface area contributed by atoms with Crippen molar-refractivity contribution in [2.75, 3.05) is 0 Å². The summed E-state index contributed by atoms with van der Waals surface area (Å²) in [7, 11) is -3.69. The van der Waals surface area contributed by atoms with Gasteiger partial charge in [-0.2, -0.15) is 5.10 Å². The smallest absolute Gasteiger partial charge is 0.241 e. The van der Waals surface area contributed by atoms with Crippen molar-refractivity contribution in [3.8, 4) is 0 Å². The number of hydrogen-bond acceptors (Lipinski definition) is 5. The molecule has 0 aliphatic carbocycles. The number of sulfonamides is 1. The van der Waals surface area contributed by atoms with Crippen molar-refractivity contribution >= 4 is 20.9 Å². The number of benzene rings is 1. The lowest BCUT2D eigenvalue weighted by Gasteiger charge is -2.13. The van der Waals surface area contributed by atoms with Crippen molar-refractivity contribution in [2.45, 2.75) is 17.9 Å². The first kappa shape index (κ1) is 13.7. The molecule has 0 saturated carbocycles. The second kappa shape index (κ2) is 5.23. The molecule has 21 heavy (non-hydrogen) atoms. The van der Waals surface area contributed by atoms with E-state index in [1.54, 1.807) is 43.5 Å². The molecular weight excluding hydrogens is 290 g/mol. The van der Waals surface area contributed by atoms with Gasteiger partial charge in [-0.15, -0.1) is 0 Å². The molecule has 7 nitrogen and oxygen atoms in total. The molecule has 1 unspecified atom stereocenters. The molecule has 1 aromatic carbocycles. The van der Waals surface area contributed by atoms with E-state index >= 15 is 0 Å². The Labute approximate surface area is 121 Å². The second-order valence-electron chi connectivity index (χ2n) is 4.54. The van der Waals surface area contributed by atoms with Crippen LogP contribution in [-0.4, -0.2) is 28.6 Å². The average Bonchev–Trinajstić information content (AvgIpc) is 3.00. The molecule has 3 aromatic rings. The summed E-state index contributed by atoms with van der Waals surface area (Å²) in [5, 5.41) is 6.94. The van der Waals surface area contributed by atoms with Crippen molar-refractivity contribution in [3.05, 3.63) is 48.7 Å². The number of aromatic amines is 1. The van der Waals surface area contributed by atoms with Crippen LogP contribution >= 0.6 is 0 Å². The van der Waals surface area contributed by atoms with Crippen LogP contribution < -0.4 is 4.72 Å². The summed E-state index contributed by atoms with van der Waals surface area (Å²) in [4.78, 5) is 8.31. The summed E-state index contributed by atoms with van der Waals surface area (Å²) in [6.07, 6.45) is 2.96. The molecule has 8 heteroatoms. The normalized spacial score (nSPS) is 13.4. The van der Waals surface area contributed by atoms with Gasteiger partial charge in [-0.3, -0.25) is 10.1 Å². The third-order valence-corrected chi connectivity index (χ3v) is 4.67. The molecule has 0 saturated heterocycles. The Hall–Kier alpha value is -2.32. The summed E-state index contributed by atoms with van der Waals surface area (Å²) >= 11 is 0. The Morgan fingerprint density at radius 2 is 2.05 bits per heavy atom. The standard InChI is InChI=1S/C13H13N5O2S/c1-9(13-15-8-16-17-13)18-21(19,20)12-6-2-5-11-10(12)4-3-7-14-11/h2-9,18H,1H3,(H,15,16,17). The molecule has 0 spiro atoms. The number of H-pyrrole nitrogens is 1. The first-order valence-electron chi connectivity index (χ1n) is 6.29. The average molecular weight is 303 g/mol. The fourth-order valence-corrected chi connectivity index (χ4v) is 3.51. The summed E-state index contributed by atoms with van der Waals surface area (Å²) in [6.45, 7) is 1.70. The first-order chi connectivity index (χ1) is 10.1. The third-order valence-electron chi connectivity index (χ3n) is 3.07. The molecule has 0 amide bonds. The van der Waals surface area contributed by atoms with Crippen LogP contribution in [0.3, 0.4) is 0 Å². The van der Waals surface area contributed by atoms with E-state index in [9.17, 15) is 8.42 Å². The molecule has 108 valence electrons. The third kappa shape index (κ3) is 2.63. The van der Waals surface area contributed by atoms with E-state index in [-0.39, 0.29) is 4.90 Å². The fraction of sp³-hybridized carbons (Fsp3) is 0.154. The molecule has 0 fully saturated rings. The second-order valence-corrected chi connectivity index (χ2v) is 6.22. The number of rotatable bonds is 4. The van der Waals surface area contributed by atoms with E-state index in [4.69, 9.17) is 0 Å². The maximum Gasteiger partial charge on any atom is 0.241 e. The zero-order valence-electron chi connectivity index (χ0n) is 11.2. The van der Waals surface area contributed by atoms with E-state index in [2.05, 4.69) is 24.9 Å². The van der Waals surface area contributed by atoms with Crippen LogP contribution in [0.4, 0.5) is 0 Å². The quantitative estimate of drug-likeness (QED) is 0.758. The summed E-state index contributed by atoms with van der Waals surface area (Å²) in [6, 6.07) is 7.93. The van der Waals surface area contributed by atoms with Crippen LogP contribution in [0.2, 0.25) is 0 Å². The minimum atomic E-state index is -3.69. The van der Waals surface area contributed by atoms with Gasteiger partial charge in [0.1, 0.15) is 12.2 Å². The van der Waals surface area contributed by atoms with Crippen molar-refractivity contribution in [1.29, 1.82) is 0 Å². The van der Waals surface area contributed by atoms with Crippen LogP contribution in [0.15, 0.2) is 47.8 Å². The van der Waals surface area contributed by atoms with Gasteiger partial charge in [0, 0.05) is 11.6 Å². The lowest BCUT2D eigenvalue weighted by molar-refractivity contribution is 0.561. The minimum absolute atomic E-state index is 0.194. The Kier molecular flexibility index (Phi) is 3.40. The zero-order valence-corrected chi connectivity index (χ0v) is 12.0. The Balaban J connectivity index is 2.01. The molecule has 2 aromatic heterocycles. The van der Waals surface area contributed by atoms with Gasteiger partial charge in [0.05, 0.1) is 16.5 Å². The molecule has 2 heterocycles. The van der Waals surface area contributed by atoms with Gasteiger partial charge in [0.25, 0.3) is 0 Å². The SMILES string of the molecule is CC(NS(=O)(=O)c1cccc2ncccc12)c1ncn[nH]1. The Morgan fingerprint density at radius 3 is 2.81 bits per heavy atom. The minimum Gasteiger partial charge on any atom is -0.262 e. The number of fused-ring (bicyclic) bond motifs is 1. The van der Waals surface area contributed by atoms with Gasteiger partial charge < -0.3 is 0 Å². The van der Waals surface area contributed by atoms with Crippen LogP contribution in [-0.2, 0) is 10.0 Å². The van der Waals surface area contributed by atoms with Crippen molar-refractivity contribution in [2.24, 2.45) is 0 Å². The van der Waals surface area contributed by atoms with Crippen LogP contribution in [0.25, 0.3) is 10.9 Å². The van der Waals surface area contributed by atoms with E-state index < -0.39 is 16.1 Å². The lowest BCUT2D eigenvalue weighted by atomic mass is 10.2. The molecule has 0 aliphatic heterocycles. The summed E-state index contributed by atoms with van der Waals surface area (Å²) < 4.78 is 27.7. The number of hydrogen-bond donors (Lipinski definition) is 2. The molecule has 3 rings (SSSR count). The largest absolute Gasteiger partial charge is 0.262 e. The number of nitrogens with zero attached hydrogens (tertiary/aromatic N) is 3. The van der Waals surface area contributed by atoms with E-state index in [1.165, 1.54) is 6.33 Å². The Morgan fingerprint density at radius 1 is 1.19 bits per heavy atom. The zero-order chi connectivity index (χ0) is 14.9. The maximum absolute atomic E-state index is 12.6.